The Bertz CT molecular complexity index is 435. The van der Waals surface area contributed by atoms with E-state index in [1.807, 2.05) is 35.2 Å². The predicted octanol–water partition coefficient (Wildman–Crippen LogP) is 1.70. The molecule has 4 heteroatoms. The molecule has 1 fully saturated rings. The molecule has 3 unspecified atom stereocenters. The molecule has 2 rings (SSSR count). The first-order valence-corrected chi connectivity index (χ1v) is 7.34. The fourth-order valence-corrected chi connectivity index (χ4v) is 2.89. The number of benzene rings is 1. The highest BCUT2D eigenvalue weighted by Crippen LogP contribution is 2.25. The van der Waals surface area contributed by atoms with Gasteiger partial charge in [0, 0.05) is 19.0 Å². The summed E-state index contributed by atoms with van der Waals surface area (Å²) >= 11 is 0. The Hall–Kier alpha value is -1.39. The summed E-state index contributed by atoms with van der Waals surface area (Å²) in [4.78, 5) is 14.1. The molecule has 110 valence electrons. The van der Waals surface area contributed by atoms with Gasteiger partial charge in [-0.05, 0) is 24.3 Å². The number of nitrogens with two attached hydrogens (primary N) is 1. The SMILES string of the molecule is CC1CCN(C(=O)CCC(N)c2ccccc2)C1CO. The molecule has 1 saturated heterocycles. The van der Waals surface area contributed by atoms with Crippen LogP contribution >= 0.6 is 0 Å². The van der Waals surface area contributed by atoms with Crippen LogP contribution in [0.25, 0.3) is 0 Å². The summed E-state index contributed by atoms with van der Waals surface area (Å²) in [7, 11) is 0. The van der Waals surface area contributed by atoms with Gasteiger partial charge in [-0.3, -0.25) is 4.79 Å². The Morgan fingerprint density at radius 1 is 1.45 bits per heavy atom. The third-order valence-electron chi connectivity index (χ3n) is 4.29. The summed E-state index contributed by atoms with van der Waals surface area (Å²) in [5.74, 6) is 0.492. The number of carbonyl (C=O) groups excluding carboxylic acids is 1. The highest BCUT2D eigenvalue weighted by Gasteiger charge is 2.33. The highest BCUT2D eigenvalue weighted by atomic mass is 16.3. The minimum atomic E-state index is -0.104. The van der Waals surface area contributed by atoms with Crippen LogP contribution in [0.3, 0.4) is 0 Å². The standard InChI is InChI=1S/C16H24N2O2/c1-12-9-10-18(15(12)11-19)16(20)8-7-14(17)13-5-3-2-4-6-13/h2-6,12,14-15,19H,7-11,17H2,1H3. The van der Waals surface area contributed by atoms with Gasteiger partial charge >= 0.3 is 0 Å². The summed E-state index contributed by atoms with van der Waals surface area (Å²) in [6.07, 6.45) is 2.06. The van der Waals surface area contributed by atoms with E-state index in [0.29, 0.717) is 18.8 Å². The first-order valence-electron chi connectivity index (χ1n) is 7.34. The number of nitrogens with zero attached hydrogens (tertiary/aromatic N) is 1. The van der Waals surface area contributed by atoms with E-state index in [0.717, 1.165) is 18.5 Å². The summed E-state index contributed by atoms with van der Waals surface area (Å²) in [5, 5.41) is 9.39. The number of hydrogen-bond acceptors (Lipinski definition) is 3. The van der Waals surface area contributed by atoms with Crippen LogP contribution in [-0.4, -0.2) is 35.1 Å². The fraction of sp³-hybridized carbons (Fsp3) is 0.562. The van der Waals surface area contributed by atoms with Crippen molar-refractivity contribution >= 4 is 5.91 Å². The Morgan fingerprint density at radius 3 is 2.80 bits per heavy atom. The summed E-state index contributed by atoms with van der Waals surface area (Å²) in [6.45, 7) is 2.90. The van der Waals surface area contributed by atoms with Gasteiger partial charge in [0.05, 0.1) is 12.6 Å². The van der Waals surface area contributed by atoms with E-state index in [2.05, 4.69) is 6.92 Å². The molecule has 0 bridgehead atoms. The zero-order chi connectivity index (χ0) is 14.5. The quantitative estimate of drug-likeness (QED) is 0.860. The molecule has 0 radical (unpaired) electrons. The summed E-state index contributed by atoms with van der Waals surface area (Å²) < 4.78 is 0. The minimum Gasteiger partial charge on any atom is -0.394 e. The second kappa shape index (κ2) is 6.86. The number of rotatable bonds is 5. The van der Waals surface area contributed by atoms with Gasteiger partial charge in [0.15, 0.2) is 0 Å². The third-order valence-corrected chi connectivity index (χ3v) is 4.29. The molecule has 1 aliphatic heterocycles. The first-order chi connectivity index (χ1) is 9.63. The molecule has 1 aromatic carbocycles. The van der Waals surface area contributed by atoms with E-state index in [4.69, 9.17) is 5.73 Å². The van der Waals surface area contributed by atoms with E-state index in [-0.39, 0.29) is 24.6 Å². The van der Waals surface area contributed by atoms with Crippen LogP contribution in [0.1, 0.15) is 37.8 Å². The van der Waals surface area contributed by atoms with Crippen LogP contribution in [0.2, 0.25) is 0 Å². The zero-order valence-corrected chi connectivity index (χ0v) is 12.0. The average Bonchev–Trinajstić information content (AvgIpc) is 2.86. The van der Waals surface area contributed by atoms with Crippen LogP contribution in [0.4, 0.5) is 0 Å². The summed E-state index contributed by atoms with van der Waals surface area (Å²) in [6, 6.07) is 9.73. The smallest absolute Gasteiger partial charge is 0.222 e. The van der Waals surface area contributed by atoms with E-state index in [9.17, 15) is 9.90 Å². The van der Waals surface area contributed by atoms with Crippen molar-refractivity contribution in [3.8, 4) is 0 Å². The van der Waals surface area contributed by atoms with Gasteiger partial charge in [0.25, 0.3) is 0 Å². The van der Waals surface area contributed by atoms with E-state index >= 15 is 0 Å². The monoisotopic (exact) mass is 276 g/mol. The maximum Gasteiger partial charge on any atom is 0.222 e. The normalized spacial score (nSPS) is 23.9. The minimum absolute atomic E-state index is 0.0181. The molecule has 1 aliphatic rings. The van der Waals surface area contributed by atoms with Gasteiger partial charge in [0.1, 0.15) is 0 Å². The molecule has 20 heavy (non-hydrogen) atoms. The second-order valence-corrected chi connectivity index (χ2v) is 5.66. The molecular formula is C16H24N2O2. The number of amides is 1. The lowest BCUT2D eigenvalue weighted by Gasteiger charge is -2.25. The van der Waals surface area contributed by atoms with Crippen molar-refractivity contribution in [3.05, 3.63) is 35.9 Å². The maximum atomic E-state index is 12.3. The Labute approximate surface area is 120 Å². The van der Waals surface area contributed by atoms with E-state index in [1.165, 1.54) is 0 Å². The number of hydrogen-bond donors (Lipinski definition) is 2. The van der Waals surface area contributed by atoms with Crippen molar-refractivity contribution in [2.24, 2.45) is 11.7 Å². The molecule has 1 amide bonds. The molecule has 1 aromatic rings. The third kappa shape index (κ3) is 3.38. The van der Waals surface area contributed by atoms with Crippen LogP contribution < -0.4 is 5.73 Å². The lowest BCUT2D eigenvalue weighted by atomic mass is 10.0. The lowest BCUT2D eigenvalue weighted by molar-refractivity contribution is -0.133. The second-order valence-electron chi connectivity index (χ2n) is 5.66. The summed E-state index contributed by atoms with van der Waals surface area (Å²) in [5.41, 5.74) is 7.18. The van der Waals surface area contributed by atoms with Gasteiger partial charge in [-0.2, -0.15) is 0 Å². The largest absolute Gasteiger partial charge is 0.394 e. The van der Waals surface area contributed by atoms with Gasteiger partial charge in [-0.1, -0.05) is 37.3 Å². The molecule has 4 nitrogen and oxygen atoms in total. The van der Waals surface area contributed by atoms with Crippen molar-refractivity contribution in [1.29, 1.82) is 0 Å². The number of likely N-dealkylation sites (tertiary alicyclic amines) is 1. The molecule has 1 heterocycles. The number of carbonyl (C=O) groups is 1. The average molecular weight is 276 g/mol. The van der Waals surface area contributed by atoms with Crippen LogP contribution in [0.5, 0.6) is 0 Å². The van der Waals surface area contributed by atoms with Crippen molar-refractivity contribution in [3.63, 3.8) is 0 Å². The zero-order valence-electron chi connectivity index (χ0n) is 12.0. The molecule has 0 spiro atoms. The lowest BCUT2D eigenvalue weighted by Crippen LogP contribution is -2.40. The topological polar surface area (TPSA) is 66.6 Å². The van der Waals surface area contributed by atoms with Crippen molar-refractivity contribution in [2.75, 3.05) is 13.2 Å². The predicted molar refractivity (Wildman–Crippen MR) is 79.0 cm³/mol. The number of aliphatic hydroxyl groups excluding tert-OH is 1. The van der Waals surface area contributed by atoms with Gasteiger partial charge in [-0.25, -0.2) is 0 Å². The Kier molecular flexibility index (Phi) is 5.15. The maximum absolute atomic E-state index is 12.3. The highest BCUT2D eigenvalue weighted by molar-refractivity contribution is 5.77. The first kappa shape index (κ1) is 15.0. The fourth-order valence-electron chi connectivity index (χ4n) is 2.89. The Morgan fingerprint density at radius 2 is 2.15 bits per heavy atom. The van der Waals surface area contributed by atoms with E-state index < -0.39 is 0 Å². The van der Waals surface area contributed by atoms with Crippen LogP contribution in [-0.2, 0) is 4.79 Å². The molecule has 0 aromatic heterocycles. The molecule has 3 N–H and O–H groups in total. The number of aliphatic hydroxyl groups is 1. The van der Waals surface area contributed by atoms with Crippen molar-refractivity contribution in [1.82, 2.24) is 4.90 Å². The van der Waals surface area contributed by atoms with Gasteiger partial charge in [-0.15, -0.1) is 0 Å². The van der Waals surface area contributed by atoms with Crippen molar-refractivity contribution in [2.45, 2.75) is 38.3 Å². The van der Waals surface area contributed by atoms with E-state index in [1.54, 1.807) is 0 Å². The van der Waals surface area contributed by atoms with Gasteiger partial charge < -0.3 is 15.7 Å². The molecule has 3 atom stereocenters. The van der Waals surface area contributed by atoms with Crippen LogP contribution in [0, 0.1) is 5.92 Å². The Balaban J connectivity index is 1.86. The van der Waals surface area contributed by atoms with Crippen molar-refractivity contribution < 1.29 is 9.90 Å². The molecule has 0 saturated carbocycles. The van der Waals surface area contributed by atoms with Gasteiger partial charge in [0.2, 0.25) is 5.91 Å². The molecule has 0 aliphatic carbocycles. The molecular weight excluding hydrogens is 252 g/mol. The van der Waals surface area contributed by atoms with Crippen LogP contribution in [0.15, 0.2) is 30.3 Å².